The van der Waals surface area contributed by atoms with E-state index in [-0.39, 0.29) is 11.6 Å². The van der Waals surface area contributed by atoms with Gasteiger partial charge >= 0.3 is 0 Å². The summed E-state index contributed by atoms with van der Waals surface area (Å²) in [6.07, 6.45) is -0.758. The molecule has 2 rings (SSSR count). The molecule has 27 heavy (non-hydrogen) atoms. The standard InChI is InChI=1S/C19H22N2O6/c1-12-9-15(6-7-16(12)21(23)24)27-13(2)19(22)20-11-14-5-8-17(25-3)18(10-14)26-4/h5-10,13H,11H2,1-4H3,(H,20,22)/t13-/m0/s1. The van der Waals surface area contributed by atoms with E-state index in [2.05, 4.69) is 5.32 Å². The van der Waals surface area contributed by atoms with Crippen LogP contribution in [-0.2, 0) is 11.3 Å². The van der Waals surface area contributed by atoms with E-state index in [0.717, 1.165) is 5.56 Å². The molecule has 0 spiro atoms. The third-order valence-corrected chi connectivity index (χ3v) is 3.96. The summed E-state index contributed by atoms with van der Waals surface area (Å²) in [6, 6.07) is 9.75. The van der Waals surface area contributed by atoms with Crippen molar-refractivity contribution in [1.29, 1.82) is 0 Å². The molecule has 0 aliphatic heterocycles. The maximum absolute atomic E-state index is 12.3. The molecule has 1 N–H and O–H groups in total. The third-order valence-electron chi connectivity index (χ3n) is 3.96. The lowest BCUT2D eigenvalue weighted by atomic mass is 10.2. The van der Waals surface area contributed by atoms with Crippen LogP contribution in [0.4, 0.5) is 5.69 Å². The van der Waals surface area contributed by atoms with Crippen molar-refractivity contribution in [2.24, 2.45) is 0 Å². The van der Waals surface area contributed by atoms with Crippen molar-refractivity contribution in [3.63, 3.8) is 0 Å². The van der Waals surface area contributed by atoms with Crippen LogP contribution in [0.25, 0.3) is 0 Å². The molecule has 8 heteroatoms. The van der Waals surface area contributed by atoms with E-state index in [4.69, 9.17) is 14.2 Å². The van der Waals surface area contributed by atoms with Gasteiger partial charge in [0.05, 0.1) is 19.1 Å². The summed E-state index contributed by atoms with van der Waals surface area (Å²) in [6.45, 7) is 3.53. The third kappa shape index (κ3) is 5.10. The number of methoxy groups -OCH3 is 2. The summed E-state index contributed by atoms with van der Waals surface area (Å²) in [4.78, 5) is 22.7. The quantitative estimate of drug-likeness (QED) is 0.563. The molecule has 2 aromatic rings. The van der Waals surface area contributed by atoms with Crippen molar-refractivity contribution >= 4 is 11.6 Å². The van der Waals surface area contributed by atoms with Gasteiger partial charge in [-0.15, -0.1) is 0 Å². The second kappa shape index (κ2) is 8.88. The van der Waals surface area contributed by atoms with E-state index in [0.29, 0.717) is 29.4 Å². The second-order valence-corrected chi connectivity index (χ2v) is 5.87. The van der Waals surface area contributed by atoms with E-state index in [1.165, 1.54) is 18.2 Å². The number of ether oxygens (including phenoxy) is 3. The molecule has 0 saturated heterocycles. The Kier molecular flexibility index (Phi) is 6.59. The van der Waals surface area contributed by atoms with Gasteiger partial charge in [0.1, 0.15) is 5.75 Å². The summed E-state index contributed by atoms with van der Waals surface area (Å²) in [5.74, 6) is 1.28. The molecule has 0 saturated carbocycles. The summed E-state index contributed by atoms with van der Waals surface area (Å²) in [7, 11) is 3.10. The number of benzene rings is 2. The van der Waals surface area contributed by atoms with Crippen LogP contribution in [-0.4, -0.2) is 31.2 Å². The molecule has 0 fully saturated rings. The minimum Gasteiger partial charge on any atom is -0.493 e. The molecule has 144 valence electrons. The van der Waals surface area contributed by atoms with Gasteiger partial charge in [-0.1, -0.05) is 6.07 Å². The highest BCUT2D eigenvalue weighted by atomic mass is 16.6. The average molecular weight is 374 g/mol. The normalized spacial score (nSPS) is 11.4. The summed E-state index contributed by atoms with van der Waals surface area (Å²) in [5.41, 5.74) is 1.32. The van der Waals surface area contributed by atoms with Gasteiger partial charge in [-0.05, 0) is 43.7 Å². The average Bonchev–Trinajstić information content (AvgIpc) is 2.65. The number of nitrogens with zero attached hydrogens (tertiary/aromatic N) is 1. The monoisotopic (exact) mass is 374 g/mol. The first-order chi connectivity index (χ1) is 12.8. The molecule has 0 aliphatic rings. The van der Waals surface area contributed by atoms with Crippen LogP contribution < -0.4 is 19.5 Å². The van der Waals surface area contributed by atoms with Gasteiger partial charge in [0.15, 0.2) is 17.6 Å². The Morgan fingerprint density at radius 3 is 2.44 bits per heavy atom. The topological polar surface area (TPSA) is 99.9 Å². The number of hydrogen-bond donors (Lipinski definition) is 1. The fraction of sp³-hybridized carbons (Fsp3) is 0.316. The first kappa shape index (κ1) is 20.0. The molecule has 0 radical (unpaired) electrons. The molecule has 2 aromatic carbocycles. The maximum atomic E-state index is 12.3. The van der Waals surface area contributed by atoms with E-state index in [9.17, 15) is 14.9 Å². The second-order valence-electron chi connectivity index (χ2n) is 5.87. The molecule has 1 amide bonds. The zero-order chi connectivity index (χ0) is 20.0. The number of nitro benzene ring substituents is 1. The lowest BCUT2D eigenvalue weighted by molar-refractivity contribution is -0.385. The van der Waals surface area contributed by atoms with Gasteiger partial charge in [0, 0.05) is 18.2 Å². The van der Waals surface area contributed by atoms with E-state index in [1.54, 1.807) is 40.2 Å². The smallest absolute Gasteiger partial charge is 0.272 e. The van der Waals surface area contributed by atoms with Crippen LogP contribution in [0.1, 0.15) is 18.1 Å². The van der Waals surface area contributed by atoms with Crippen LogP contribution in [0.5, 0.6) is 17.2 Å². The fourth-order valence-corrected chi connectivity index (χ4v) is 2.49. The Labute approximate surface area is 157 Å². The number of carbonyl (C=O) groups is 1. The van der Waals surface area contributed by atoms with Crippen molar-refractivity contribution in [3.8, 4) is 17.2 Å². The molecule has 1 atom stereocenters. The van der Waals surface area contributed by atoms with Crippen LogP contribution in [0, 0.1) is 17.0 Å². The van der Waals surface area contributed by atoms with Crippen molar-refractivity contribution in [1.82, 2.24) is 5.32 Å². The Balaban J connectivity index is 1.96. The van der Waals surface area contributed by atoms with Crippen molar-refractivity contribution in [2.75, 3.05) is 14.2 Å². The lowest BCUT2D eigenvalue weighted by Crippen LogP contribution is -2.35. The highest BCUT2D eigenvalue weighted by Gasteiger charge is 2.17. The molecule has 0 aromatic heterocycles. The Bertz CT molecular complexity index is 837. The molecule has 0 unspecified atom stereocenters. The number of amides is 1. The first-order valence-corrected chi connectivity index (χ1v) is 8.26. The first-order valence-electron chi connectivity index (χ1n) is 8.26. The predicted octanol–water partition coefficient (Wildman–Crippen LogP) is 3.00. The molecule has 0 bridgehead atoms. The number of hydrogen-bond acceptors (Lipinski definition) is 6. The van der Waals surface area contributed by atoms with Crippen molar-refractivity contribution in [3.05, 3.63) is 57.6 Å². The zero-order valence-electron chi connectivity index (χ0n) is 15.6. The van der Waals surface area contributed by atoms with Gasteiger partial charge in [-0.25, -0.2) is 0 Å². The molecular weight excluding hydrogens is 352 g/mol. The summed E-state index contributed by atoms with van der Waals surface area (Å²) >= 11 is 0. The van der Waals surface area contributed by atoms with Gasteiger partial charge in [0.2, 0.25) is 0 Å². The maximum Gasteiger partial charge on any atom is 0.272 e. The van der Waals surface area contributed by atoms with Crippen LogP contribution >= 0.6 is 0 Å². The molecular formula is C19H22N2O6. The molecule has 0 heterocycles. The highest BCUT2D eigenvalue weighted by molar-refractivity contribution is 5.80. The van der Waals surface area contributed by atoms with Crippen LogP contribution in [0.2, 0.25) is 0 Å². The SMILES string of the molecule is COc1ccc(CNC(=O)[C@H](C)Oc2ccc([N+](=O)[O-])c(C)c2)cc1OC. The molecule has 8 nitrogen and oxygen atoms in total. The molecule has 0 aliphatic carbocycles. The minimum absolute atomic E-state index is 0.00732. The Morgan fingerprint density at radius 1 is 1.15 bits per heavy atom. The predicted molar refractivity (Wildman–Crippen MR) is 99.3 cm³/mol. The lowest BCUT2D eigenvalue weighted by Gasteiger charge is -2.15. The van der Waals surface area contributed by atoms with Crippen molar-refractivity contribution < 1.29 is 23.9 Å². The highest BCUT2D eigenvalue weighted by Crippen LogP contribution is 2.27. The van der Waals surface area contributed by atoms with E-state index in [1.807, 2.05) is 6.07 Å². The fourth-order valence-electron chi connectivity index (χ4n) is 2.49. The number of nitrogens with one attached hydrogen (secondary N) is 1. The number of rotatable bonds is 8. The minimum atomic E-state index is -0.758. The zero-order valence-corrected chi connectivity index (χ0v) is 15.6. The summed E-state index contributed by atoms with van der Waals surface area (Å²) in [5, 5.41) is 13.6. The van der Waals surface area contributed by atoms with Gasteiger partial charge in [-0.2, -0.15) is 0 Å². The summed E-state index contributed by atoms with van der Waals surface area (Å²) < 4.78 is 16.0. The van der Waals surface area contributed by atoms with Gasteiger partial charge in [0.25, 0.3) is 11.6 Å². The van der Waals surface area contributed by atoms with Crippen LogP contribution in [0.3, 0.4) is 0 Å². The van der Waals surface area contributed by atoms with Gasteiger partial charge < -0.3 is 19.5 Å². The van der Waals surface area contributed by atoms with Gasteiger partial charge in [-0.3, -0.25) is 14.9 Å². The van der Waals surface area contributed by atoms with Crippen molar-refractivity contribution in [2.45, 2.75) is 26.5 Å². The van der Waals surface area contributed by atoms with E-state index >= 15 is 0 Å². The number of carbonyl (C=O) groups excluding carboxylic acids is 1. The van der Waals surface area contributed by atoms with Crippen LogP contribution in [0.15, 0.2) is 36.4 Å². The Hall–Kier alpha value is -3.29. The Morgan fingerprint density at radius 2 is 1.85 bits per heavy atom. The number of aryl methyl sites for hydroxylation is 1. The number of nitro groups is 1. The largest absolute Gasteiger partial charge is 0.493 e. The van der Waals surface area contributed by atoms with E-state index < -0.39 is 11.0 Å².